The van der Waals surface area contributed by atoms with Crippen LogP contribution in [0, 0.1) is 6.07 Å². The van der Waals surface area contributed by atoms with Crippen molar-refractivity contribution in [3.8, 4) is 0 Å². The molecule has 0 unspecified atom stereocenters. The zero-order chi connectivity index (χ0) is 6.85. The largest absolute Gasteiger partial charge is 2.00 e. The molecule has 11 heavy (non-hydrogen) atoms. The standard InChI is InChI=1S/C6H2Cl3.BrH.Mg/c7-4-1-2-5(8)6(9)3-4;;/h1,3H;1H;/q-1;;+2/p-1. The monoisotopic (exact) mass is 282 g/mol. The SMILES string of the molecule is Clc1c[c-]c(Cl)c(Cl)c1.[Br-].[Mg+2]. The van der Waals surface area contributed by atoms with Gasteiger partial charge in [-0.2, -0.15) is 35.3 Å². The summed E-state index contributed by atoms with van der Waals surface area (Å²) in [6.07, 6.45) is 0. The maximum Gasteiger partial charge on any atom is 2.00 e. The first kappa shape index (κ1) is 14.8. The van der Waals surface area contributed by atoms with E-state index in [1.807, 2.05) is 0 Å². The van der Waals surface area contributed by atoms with Crippen molar-refractivity contribution in [3.63, 3.8) is 0 Å². The van der Waals surface area contributed by atoms with Gasteiger partial charge in [0.2, 0.25) is 0 Å². The average Bonchev–Trinajstić information content (AvgIpc) is 1.80. The predicted molar refractivity (Wildman–Crippen MR) is 46.1 cm³/mol. The summed E-state index contributed by atoms with van der Waals surface area (Å²) in [7, 11) is 0. The zero-order valence-electron chi connectivity index (χ0n) is 5.37. The minimum atomic E-state index is 0. The molecule has 5 heteroatoms. The summed E-state index contributed by atoms with van der Waals surface area (Å²) < 4.78 is 0. The van der Waals surface area contributed by atoms with Crippen molar-refractivity contribution in [1.82, 2.24) is 0 Å². The molecular weight excluding hydrogens is 283 g/mol. The molecule has 0 bridgehead atoms. The van der Waals surface area contributed by atoms with Crippen LogP contribution in [0.3, 0.4) is 0 Å². The normalized spacial score (nSPS) is 7.91. The summed E-state index contributed by atoms with van der Waals surface area (Å²) in [5.74, 6) is 0. The summed E-state index contributed by atoms with van der Waals surface area (Å²) >= 11 is 16.6. The Morgan fingerprint density at radius 2 is 1.73 bits per heavy atom. The van der Waals surface area contributed by atoms with Crippen molar-refractivity contribution < 1.29 is 17.0 Å². The van der Waals surface area contributed by atoms with Gasteiger partial charge in [0.05, 0.1) is 0 Å². The van der Waals surface area contributed by atoms with E-state index in [1.54, 1.807) is 12.1 Å². The van der Waals surface area contributed by atoms with Crippen LogP contribution in [-0.4, -0.2) is 23.1 Å². The first-order chi connectivity index (χ1) is 4.20. The molecule has 0 nitrogen and oxygen atoms in total. The van der Waals surface area contributed by atoms with Crippen LogP contribution in [0.5, 0.6) is 0 Å². The van der Waals surface area contributed by atoms with Gasteiger partial charge in [-0.1, -0.05) is 15.1 Å². The molecule has 56 valence electrons. The van der Waals surface area contributed by atoms with Crippen molar-refractivity contribution in [2.24, 2.45) is 0 Å². The third kappa shape index (κ3) is 4.81. The number of rotatable bonds is 0. The van der Waals surface area contributed by atoms with Crippen molar-refractivity contribution in [3.05, 3.63) is 33.3 Å². The summed E-state index contributed by atoms with van der Waals surface area (Å²) in [6, 6.07) is 5.81. The second kappa shape index (κ2) is 6.81. The molecule has 0 aliphatic rings. The Kier molecular flexibility index (Phi) is 9.19. The van der Waals surface area contributed by atoms with Gasteiger partial charge in [0, 0.05) is 0 Å². The Bertz CT molecular complexity index is 229. The number of halogens is 4. The van der Waals surface area contributed by atoms with E-state index in [-0.39, 0.29) is 40.0 Å². The minimum Gasteiger partial charge on any atom is -1.00 e. The zero-order valence-corrected chi connectivity index (χ0v) is 10.6. The molecule has 1 aromatic carbocycles. The topological polar surface area (TPSA) is 0 Å². The van der Waals surface area contributed by atoms with Crippen molar-refractivity contribution >= 4 is 57.9 Å². The van der Waals surface area contributed by atoms with Crippen LogP contribution in [0.15, 0.2) is 12.1 Å². The van der Waals surface area contributed by atoms with Gasteiger partial charge >= 0.3 is 23.1 Å². The molecule has 1 aromatic rings. The number of hydrogen-bond donors (Lipinski definition) is 0. The molecular formula is C6H2BrCl3Mg. The Morgan fingerprint density at radius 3 is 2.09 bits per heavy atom. The van der Waals surface area contributed by atoms with Gasteiger partial charge < -0.3 is 17.0 Å². The predicted octanol–water partition coefficient (Wildman–Crippen LogP) is 0.0702. The van der Waals surface area contributed by atoms with Gasteiger partial charge in [-0.25, -0.2) is 0 Å². The molecule has 0 amide bonds. The second-order valence-corrected chi connectivity index (χ2v) is 2.70. The fourth-order valence-corrected chi connectivity index (χ4v) is 0.928. The minimum absolute atomic E-state index is 0. The van der Waals surface area contributed by atoms with Gasteiger partial charge in [0.25, 0.3) is 0 Å². The Labute approximate surface area is 107 Å². The fraction of sp³-hybridized carbons (Fsp3) is 0. The van der Waals surface area contributed by atoms with Gasteiger partial charge in [-0.15, -0.1) is 17.7 Å². The summed E-state index contributed by atoms with van der Waals surface area (Å²) in [5.41, 5.74) is 0. The average molecular weight is 285 g/mol. The third-order valence-electron chi connectivity index (χ3n) is 0.811. The first-order valence-electron chi connectivity index (χ1n) is 2.22. The summed E-state index contributed by atoms with van der Waals surface area (Å²) in [6.45, 7) is 0. The molecule has 1 rings (SSSR count). The van der Waals surface area contributed by atoms with E-state index in [1.165, 1.54) is 0 Å². The molecule has 0 spiro atoms. The maximum atomic E-state index is 5.57. The number of hydrogen-bond acceptors (Lipinski definition) is 0. The van der Waals surface area contributed by atoms with Gasteiger partial charge in [0.15, 0.2) is 0 Å². The van der Waals surface area contributed by atoms with Gasteiger partial charge in [-0.05, 0) is 0 Å². The molecule has 0 saturated heterocycles. The van der Waals surface area contributed by atoms with Crippen LogP contribution >= 0.6 is 34.8 Å². The molecule has 0 radical (unpaired) electrons. The molecule has 0 aliphatic carbocycles. The van der Waals surface area contributed by atoms with E-state index in [0.29, 0.717) is 15.1 Å². The van der Waals surface area contributed by atoms with Crippen LogP contribution in [0.1, 0.15) is 0 Å². The van der Waals surface area contributed by atoms with Crippen LogP contribution in [-0.2, 0) is 0 Å². The smallest absolute Gasteiger partial charge is 1.00 e. The third-order valence-corrected chi connectivity index (χ3v) is 1.74. The number of benzene rings is 1. The molecule has 0 aromatic heterocycles. The van der Waals surface area contributed by atoms with Crippen LogP contribution in [0.25, 0.3) is 0 Å². The first-order valence-corrected chi connectivity index (χ1v) is 3.36. The van der Waals surface area contributed by atoms with E-state index >= 15 is 0 Å². The van der Waals surface area contributed by atoms with E-state index in [9.17, 15) is 0 Å². The Morgan fingerprint density at radius 1 is 1.18 bits per heavy atom. The molecule has 0 atom stereocenters. The van der Waals surface area contributed by atoms with Gasteiger partial charge in [-0.3, -0.25) is 0 Å². The quantitative estimate of drug-likeness (QED) is 0.359. The summed E-state index contributed by atoms with van der Waals surface area (Å²) in [4.78, 5) is 0. The molecule has 0 N–H and O–H groups in total. The van der Waals surface area contributed by atoms with E-state index in [0.717, 1.165) is 0 Å². The van der Waals surface area contributed by atoms with Crippen molar-refractivity contribution in [2.45, 2.75) is 0 Å². The fourth-order valence-electron chi connectivity index (χ4n) is 0.427. The second-order valence-electron chi connectivity index (χ2n) is 1.48. The molecule has 0 heterocycles. The van der Waals surface area contributed by atoms with E-state index in [2.05, 4.69) is 6.07 Å². The van der Waals surface area contributed by atoms with Gasteiger partial charge in [0.1, 0.15) is 0 Å². The van der Waals surface area contributed by atoms with Crippen LogP contribution in [0.2, 0.25) is 15.1 Å². The van der Waals surface area contributed by atoms with E-state index in [4.69, 9.17) is 34.8 Å². The molecule has 0 aliphatic heterocycles. The summed E-state index contributed by atoms with van der Waals surface area (Å²) in [5, 5.41) is 1.38. The van der Waals surface area contributed by atoms with E-state index < -0.39 is 0 Å². The van der Waals surface area contributed by atoms with Crippen LogP contribution in [0.4, 0.5) is 0 Å². The van der Waals surface area contributed by atoms with Crippen molar-refractivity contribution in [2.75, 3.05) is 0 Å². The van der Waals surface area contributed by atoms with Crippen molar-refractivity contribution in [1.29, 1.82) is 0 Å². The Hall–Kier alpha value is 1.34. The molecule has 0 saturated carbocycles. The maximum absolute atomic E-state index is 5.57. The Balaban J connectivity index is 0. The molecule has 0 fully saturated rings. The van der Waals surface area contributed by atoms with Crippen LogP contribution < -0.4 is 17.0 Å².